The Labute approximate surface area is 134 Å². The molecule has 0 fully saturated rings. The van der Waals surface area contributed by atoms with Crippen molar-refractivity contribution >= 4 is 43.8 Å². The zero-order valence-electron chi connectivity index (χ0n) is 10.7. The lowest BCUT2D eigenvalue weighted by atomic mass is 10.0. The van der Waals surface area contributed by atoms with E-state index in [0.29, 0.717) is 0 Å². The standard InChI is InChI=1S/C15H12BrClN2S/c16-9-5-6-10(11(17)7-9)12-8-19-13-3-1-2-4-14(13)20-15(19)18-12/h5-8H,1-4H2. The summed E-state index contributed by atoms with van der Waals surface area (Å²) < 4.78 is 3.25. The molecule has 1 aliphatic carbocycles. The number of rotatable bonds is 1. The third-order valence-corrected chi connectivity index (χ3v) is 5.74. The van der Waals surface area contributed by atoms with E-state index >= 15 is 0 Å². The number of hydrogen-bond acceptors (Lipinski definition) is 2. The topological polar surface area (TPSA) is 17.3 Å². The number of halogens is 2. The number of hydrogen-bond donors (Lipinski definition) is 0. The Morgan fingerprint density at radius 1 is 1.25 bits per heavy atom. The summed E-state index contributed by atoms with van der Waals surface area (Å²) in [4.78, 5) is 7.36. The van der Waals surface area contributed by atoms with Crippen molar-refractivity contribution in [1.29, 1.82) is 0 Å². The number of imidazole rings is 1. The van der Waals surface area contributed by atoms with Crippen LogP contribution in [0.25, 0.3) is 16.2 Å². The molecule has 0 spiro atoms. The molecule has 3 aromatic rings. The SMILES string of the molecule is Clc1cc(Br)ccc1-c1cn2c3c(sc2n1)CCCC3. The van der Waals surface area contributed by atoms with Crippen LogP contribution in [-0.2, 0) is 12.8 Å². The van der Waals surface area contributed by atoms with Crippen LogP contribution in [0.3, 0.4) is 0 Å². The van der Waals surface area contributed by atoms with Crippen LogP contribution in [0.5, 0.6) is 0 Å². The number of nitrogens with zero attached hydrogens (tertiary/aromatic N) is 2. The van der Waals surface area contributed by atoms with Gasteiger partial charge < -0.3 is 0 Å². The van der Waals surface area contributed by atoms with Crippen molar-refractivity contribution in [1.82, 2.24) is 9.38 Å². The third-order valence-electron chi connectivity index (χ3n) is 3.78. The molecule has 0 N–H and O–H groups in total. The fourth-order valence-corrected chi connectivity index (χ4v) is 4.75. The van der Waals surface area contributed by atoms with Gasteiger partial charge in [0.1, 0.15) is 0 Å². The van der Waals surface area contributed by atoms with Crippen molar-refractivity contribution in [3.63, 3.8) is 0 Å². The monoisotopic (exact) mass is 366 g/mol. The van der Waals surface area contributed by atoms with E-state index in [4.69, 9.17) is 16.6 Å². The van der Waals surface area contributed by atoms with E-state index in [2.05, 4.69) is 26.5 Å². The minimum absolute atomic E-state index is 0.735. The smallest absolute Gasteiger partial charge is 0.194 e. The van der Waals surface area contributed by atoms with Crippen molar-refractivity contribution in [2.24, 2.45) is 0 Å². The second-order valence-corrected chi connectivity index (χ2v) is 7.47. The average Bonchev–Trinajstić information content (AvgIpc) is 2.96. The number of benzene rings is 1. The second kappa shape index (κ2) is 4.86. The first-order valence-electron chi connectivity index (χ1n) is 6.67. The van der Waals surface area contributed by atoms with Crippen molar-refractivity contribution in [2.45, 2.75) is 25.7 Å². The minimum Gasteiger partial charge on any atom is -0.294 e. The molecule has 1 aromatic carbocycles. The highest BCUT2D eigenvalue weighted by Gasteiger charge is 2.18. The normalized spacial score (nSPS) is 14.7. The third kappa shape index (κ3) is 2.01. The molecule has 102 valence electrons. The van der Waals surface area contributed by atoms with Gasteiger partial charge in [0.2, 0.25) is 0 Å². The minimum atomic E-state index is 0.735. The molecule has 0 unspecified atom stereocenters. The lowest BCUT2D eigenvalue weighted by Gasteiger charge is -2.09. The van der Waals surface area contributed by atoms with E-state index in [9.17, 15) is 0 Å². The van der Waals surface area contributed by atoms with Gasteiger partial charge in [-0.15, -0.1) is 11.3 Å². The second-order valence-electron chi connectivity index (χ2n) is 5.08. The predicted octanol–water partition coefficient (Wildman–Crippen LogP) is 5.36. The van der Waals surface area contributed by atoms with Gasteiger partial charge in [-0.05, 0) is 37.8 Å². The van der Waals surface area contributed by atoms with Crippen molar-refractivity contribution < 1.29 is 0 Å². The van der Waals surface area contributed by atoms with Crippen LogP contribution in [-0.4, -0.2) is 9.38 Å². The van der Waals surface area contributed by atoms with Crippen LogP contribution in [0.1, 0.15) is 23.4 Å². The Morgan fingerprint density at radius 2 is 2.10 bits per heavy atom. The number of fused-ring (bicyclic) bond motifs is 3. The van der Waals surface area contributed by atoms with E-state index in [-0.39, 0.29) is 0 Å². The van der Waals surface area contributed by atoms with Gasteiger partial charge in [0.05, 0.1) is 10.7 Å². The summed E-state index contributed by atoms with van der Waals surface area (Å²) in [5.41, 5.74) is 3.40. The van der Waals surface area contributed by atoms with Crippen LogP contribution < -0.4 is 0 Å². The Balaban J connectivity index is 1.87. The summed E-state index contributed by atoms with van der Waals surface area (Å²) in [6.45, 7) is 0. The molecule has 2 aromatic heterocycles. The molecule has 0 saturated carbocycles. The van der Waals surface area contributed by atoms with Crippen LogP contribution in [0.4, 0.5) is 0 Å². The molecule has 2 heterocycles. The molecular weight excluding hydrogens is 356 g/mol. The summed E-state index contributed by atoms with van der Waals surface area (Å²) in [5, 5.41) is 0.735. The molecule has 2 nitrogen and oxygen atoms in total. The van der Waals surface area contributed by atoms with Gasteiger partial charge in [-0.25, -0.2) is 4.98 Å². The van der Waals surface area contributed by atoms with E-state index in [1.54, 1.807) is 0 Å². The Morgan fingerprint density at radius 3 is 2.95 bits per heavy atom. The molecule has 0 atom stereocenters. The summed E-state index contributed by atoms with van der Waals surface area (Å²) in [6.07, 6.45) is 7.09. The molecule has 0 saturated heterocycles. The number of aryl methyl sites for hydroxylation is 2. The number of aromatic nitrogens is 2. The maximum absolute atomic E-state index is 6.33. The van der Waals surface area contributed by atoms with Gasteiger partial charge in [0, 0.05) is 26.8 Å². The maximum Gasteiger partial charge on any atom is 0.194 e. The summed E-state index contributed by atoms with van der Waals surface area (Å²) in [7, 11) is 0. The lowest BCUT2D eigenvalue weighted by molar-refractivity contribution is 0.674. The fourth-order valence-electron chi connectivity index (χ4n) is 2.79. The molecule has 0 radical (unpaired) electrons. The van der Waals surface area contributed by atoms with E-state index in [0.717, 1.165) is 25.7 Å². The summed E-state index contributed by atoms with van der Waals surface area (Å²) in [5.74, 6) is 0. The zero-order valence-corrected chi connectivity index (χ0v) is 13.9. The first kappa shape index (κ1) is 12.9. The first-order chi connectivity index (χ1) is 9.72. The zero-order chi connectivity index (χ0) is 13.7. The Bertz CT molecular complexity index is 806. The van der Waals surface area contributed by atoms with Crippen LogP contribution in [0.15, 0.2) is 28.9 Å². The van der Waals surface area contributed by atoms with Crippen molar-refractivity contribution in [3.05, 3.63) is 44.5 Å². The molecule has 20 heavy (non-hydrogen) atoms. The first-order valence-corrected chi connectivity index (χ1v) is 8.66. The fraction of sp³-hybridized carbons (Fsp3) is 0.267. The largest absolute Gasteiger partial charge is 0.294 e. The number of thiazole rings is 1. The molecule has 5 heteroatoms. The van der Waals surface area contributed by atoms with E-state index in [1.165, 1.54) is 36.3 Å². The van der Waals surface area contributed by atoms with Gasteiger partial charge in [-0.2, -0.15) is 0 Å². The molecular formula is C15H12BrClN2S. The van der Waals surface area contributed by atoms with Gasteiger partial charge in [-0.1, -0.05) is 33.6 Å². The molecule has 0 bridgehead atoms. The molecule has 0 aliphatic heterocycles. The molecule has 0 amide bonds. The quantitative estimate of drug-likeness (QED) is 0.566. The van der Waals surface area contributed by atoms with Gasteiger partial charge >= 0.3 is 0 Å². The van der Waals surface area contributed by atoms with Crippen LogP contribution in [0.2, 0.25) is 5.02 Å². The molecule has 4 rings (SSSR count). The Hall–Kier alpha value is -0.840. The van der Waals surface area contributed by atoms with Crippen molar-refractivity contribution in [2.75, 3.05) is 0 Å². The van der Waals surface area contributed by atoms with Gasteiger partial charge in [-0.3, -0.25) is 4.40 Å². The van der Waals surface area contributed by atoms with Crippen molar-refractivity contribution in [3.8, 4) is 11.3 Å². The van der Waals surface area contributed by atoms with Gasteiger partial charge in [0.15, 0.2) is 4.96 Å². The molecule has 1 aliphatic rings. The van der Waals surface area contributed by atoms with E-state index in [1.807, 2.05) is 29.5 Å². The highest BCUT2D eigenvalue weighted by Crippen LogP contribution is 2.34. The highest BCUT2D eigenvalue weighted by molar-refractivity contribution is 9.10. The average molecular weight is 368 g/mol. The van der Waals surface area contributed by atoms with Crippen LogP contribution >= 0.6 is 38.9 Å². The van der Waals surface area contributed by atoms with E-state index < -0.39 is 0 Å². The lowest BCUT2D eigenvalue weighted by Crippen LogP contribution is -2.01. The van der Waals surface area contributed by atoms with Gasteiger partial charge in [0.25, 0.3) is 0 Å². The van der Waals surface area contributed by atoms with Crippen LogP contribution in [0, 0.1) is 0 Å². The summed E-state index contributed by atoms with van der Waals surface area (Å²) in [6, 6.07) is 5.94. The highest BCUT2D eigenvalue weighted by atomic mass is 79.9. The maximum atomic E-state index is 6.33. The predicted molar refractivity (Wildman–Crippen MR) is 87.9 cm³/mol. The Kier molecular flexibility index (Phi) is 3.13. The summed E-state index contributed by atoms with van der Waals surface area (Å²) >= 11 is 11.6.